The van der Waals surface area contributed by atoms with Gasteiger partial charge in [-0.3, -0.25) is 0 Å². The number of hydrogen-bond donors (Lipinski definition) is 4. The van der Waals surface area contributed by atoms with Gasteiger partial charge in [0.05, 0.1) is 25.6 Å². The molecule has 0 radical (unpaired) electrons. The number of anilines is 1. The van der Waals surface area contributed by atoms with Gasteiger partial charge in [0, 0.05) is 0 Å². The van der Waals surface area contributed by atoms with E-state index in [1.54, 1.807) is 4.57 Å². The molecule has 0 aliphatic rings. The molecule has 0 bridgehead atoms. The Bertz CT molecular complexity index is 563. The zero-order valence-electron chi connectivity index (χ0n) is 8.29. The molecule has 8 heteroatoms. The minimum Gasteiger partial charge on any atom is -0.394 e. The summed E-state index contributed by atoms with van der Waals surface area (Å²) in [5.41, 5.74) is 6.60. The number of rotatable bonds is 3. The quantitative estimate of drug-likeness (QED) is 0.535. The summed E-state index contributed by atoms with van der Waals surface area (Å²) < 4.78 is 1.94. The predicted octanol–water partition coefficient (Wildman–Crippen LogP) is -0.576. The van der Waals surface area contributed by atoms with Crippen LogP contribution in [0.5, 0.6) is 0 Å². The van der Waals surface area contributed by atoms with Gasteiger partial charge in [0.2, 0.25) is 5.95 Å². The zero-order valence-corrected chi connectivity index (χ0v) is 9.11. The molecule has 0 fully saturated rings. The van der Waals surface area contributed by atoms with Gasteiger partial charge in [0.25, 0.3) is 0 Å². The summed E-state index contributed by atoms with van der Waals surface area (Å²) in [7, 11) is 0. The molecule has 2 aromatic heterocycles. The number of nitrogens with zero attached hydrogens (tertiary/aromatic N) is 3. The number of aliphatic hydroxyl groups excluding tert-OH is 2. The standard InChI is InChI=1S/C8H11N5O2S/c9-8-11-6-5(7(16)12-8)13(3-10-6)1-4(15)2-14/h3-4,14-15H,1-2H2,(H3,9,11,12,16). The Morgan fingerprint density at radius 2 is 2.38 bits per heavy atom. The molecule has 1 atom stereocenters. The highest BCUT2D eigenvalue weighted by Gasteiger charge is 2.10. The van der Waals surface area contributed by atoms with E-state index in [0.29, 0.717) is 15.8 Å². The highest BCUT2D eigenvalue weighted by molar-refractivity contribution is 7.71. The number of imidazole rings is 1. The number of aromatic nitrogens is 4. The molecule has 1 unspecified atom stereocenters. The Balaban J connectivity index is 2.52. The van der Waals surface area contributed by atoms with E-state index in [-0.39, 0.29) is 19.1 Å². The van der Waals surface area contributed by atoms with Gasteiger partial charge < -0.3 is 25.5 Å². The van der Waals surface area contributed by atoms with E-state index in [1.807, 2.05) is 0 Å². The van der Waals surface area contributed by atoms with Crippen molar-refractivity contribution < 1.29 is 10.2 Å². The molecule has 0 aliphatic carbocycles. The van der Waals surface area contributed by atoms with Crippen LogP contribution in [0.15, 0.2) is 6.33 Å². The lowest BCUT2D eigenvalue weighted by Crippen LogP contribution is -2.19. The Kier molecular flexibility index (Phi) is 2.86. The minimum absolute atomic E-state index is 0.199. The Morgan fingerprint density at radius 1 is 1.62 bits per heavy atom. The van der Waals surface area contributed by atoms with Crippen molar-refractivity contribution in [2.45, 2.75) is 12.6 Å². The topological polar surface area (TPSA) is 113 Å². The number of aliphatic hydroxyl groups is 2. The SMILES string of the molecule is Nc1nc(=S)c2c(ncn2CC(O)CO)[nH]1. The minimum atomic E-state index is -0.857. The van der Waals surface area contributed by atoms with Crippen molar-refractivity contribution in [2.24, 2.45) is 0 Å². The van der Waals surface area contributed by atoms with Crippen LogP contribution in [0.2, 0.25) is 0 Å². The van der Waals surface area contributed by atoms with E-state index in [0.717, 1.165) is 0 Å². The van der Waals surface area contributed by atoms with Crippen molar-refractivity contribution in [2.75, 3.05) is 12.3 Å². The first kappa shape index (κ1) is 11.0. The Labute approximate surface area is 95.6 Å². The summed E-state index contributed by atoms with van der Waals surface area (Å²) in [6.07, 6.45) is 0.654. The molecule has 0 aliphatic heterocycles. The molecule has 0 saturated carbocycles. The average molecular weight is 241 g/mol. The third-order valence-corrected chi connectivity index (χ3v) is 2.41. The first-order valence-corrected chi connectivity index (χ1v) is 5.02. The third-order valence-electron chi connectivity index (χ3n) is 2.13. The number of nitrogens with two attached hydrogens (primary N) is 1. The second-order valence-corrected chi connectivity index (χ2v) is 3.74. The fourth-order valence-corrected chi connectivity index (χ4v) is 1.75. The van der Waals surface area contributed by atoms with E-state index in [1.165, 1.54) is 6.33 Å². The lowest BCUT2D eigenvalue weighted by Gasteiger charge is -2.08. The first-order valence-electron chi connectivity index (χ1n) is 4.61. The number of H-pyrrole nitrogens is 1. The summed E-state index contributed by atoms with van der Waals surface area (Å²) in [4.78, 5) is 10.7. The molecular weight excluding hydrogens is 230 g/mol. The van der Waals surface area contributed by atoms with Crippen LogP contribution in [0, 0.1) is 4.64 Å². The zero-order chi connectivity index (χ0) is 11.7. The first-order chi connectivity index (χ1) is 7.61. The monoisotopic (exact) mass is 241 g/mol. The Morgan fingerprint density at radius 3 is 3.06 bits per heavy atom. The summed E-state index contributed by atoms with van der Waals surface area (Å²) in [6, 6.07) is 0. The molecule has 0 spiro atoms. The largest absolute Gasteiger partial charge is 0.394 e. The van der Waals surface area contributed by atoms with Crippen LogP contribution in [-0.4, -0.2) is 42.4 Å². The lowest BCUT2D eigenvalue weighted by atomic mass is 10.3. The second kappa shape index (κ2) is 4.16. The van der Waals surface area contributed by atoms with Gasteiger partial charge in [-0.15, -0.1) is 0 Å². The van der Waals surface area contributed by atoms with E-state index in [4.69, 9.17) is 23.1 Å². The number of fused-ring (bicyclic) bond motifs is 1. The van der Waals surface area contributed by atoms with Crippen LogP contribution in [0.1, 0.15) is 0 Å². The van der Waals surface area contributed by atoms with E-state index in [9.17, 15) is 5.11 Å². The van der Waals surface area contributed by atoms with E-state index < -0.39 is 6.10 Å². The van der Waals surface area contributed by atoms with Gasteiger partial charge in [0.1, 0.15) is 5.52 Å². The molecule has 0 saturated heterocycles. The van der Waals surface area contributed by atoms with Gasteiger partial charge in [-0.05, 0) is 0 Å². The Hall–Kier alpha value is -1.51. The van der Waals surface area contributed by atoms with Crippen molar-refractivity contribution >= 4 is 29.3 Å². The average Bonchev–Trinajstić information content (AvgIpc) is 2.61. The van der Waals surface area contributed by atoms with E-state index in [2.05, 4.69) is 15.0 Å². The predicted molar refractivity (Wildman–Crippen MR) is 60.2 cm³/mol. The highest BCUT2D eigenvalue weighted by Crippen LogP contribution is 2.12. The third kappa shape index (κ3) is 1.90. The summed E-state index contributed by atoms with van der Waals surface area (Å²) >= 11 is 5.06. The maximum atomic E-state index is 9.35. The maximum absolute atomic E-state index is 9.35. The molecule has 2 rings (SSSR count). The molecule has 0 aromatic carbocycles. The molecule has 2 heterocycles. The fourth-order valence-electron chi connectivity index (χ4n) is 1.43. The van der Waals surface area contributed by atoms with Gasteiger partial charge in [-0.1, -0.05) is 12.2 Å². The van der Waals surface area contributed by atoms with Crippen LogP contribution in [0.3, 0.4) is 0 Å². The normalized spacial score (nSPS) is 13.1. The van der Waals surface area contributed by atoms with Crippen molar-refractivity contribution in [1.82, 2.24) is 19.5 Å². The number of nitrogen functional groups attached to an aromatic ring is 1. The van der Waals surface area contributed by atoms with Gasteiger partial charge in [-0.25, -0.2) is 9.97 Å². The second-order valence-electron chi connectivity index (χ2n) is 3.36. The van der Waals surface area contributed by atoms with Crippen LogP contribution < -0.4 is 5.73 Å². The molecule has 16 heavy (non-hydrogen) atoms. The van der Waals surface area contributed by atoms with Gasteiger partial charge >= 0.3 is 0 Å². The molecule has 2 aromatic rings. The van der Waals surface area contributed by atoms with Crippen LogP contribution in [0.4, 0.5) is 5.95 Å². The van der Waals surface area contributed by atoms with Crippen molar-refractivity contribution in [1.29, 1.82) is 0 Å². The van der Waals surface area contributed by atoms with Crippen molar-refractivity contribution in [3.05, 3.63) is 11.0 Å². The van der Waals surface area contributed by atoms with Crippen molar-refractivity contribution in [3.63, 3.8) is 0 Å². The lowest BCUT2D eigenvalue weighted by molar-refractivity contribution is 0.0821. The summed E-state index contributed by atoms with van der Waals surface area (Å²) in [5, 5.41) is 18.1. The molecule has 5 N–H and O–H groups in total. The fraction of sp³-hybridized carbons (Fsp3) is 0.375. The van der Waals surface area contributed by atoms with Gasteiger partial charge in [-0.2, -0.15) is 0 Å². The van der Waals surface area contributed by atoms with E-state index >= 15 is 0 Å². The number of nitrogens with one attached hydrogen (secondary N) is 1. The highest BCUT2D eigenvalue weighted by atomic mass is 32.1. The summed E-state index contributed by atoms with van der Waals surface area (Å²) in [5.74, 6) is 0.199. The van der Waals surface area contributed by atoms with Crippen molar-refractivity contribution in [3.8, 4) is 0 Å². The molecular formula is C8H11N5O2S. The van der Waals surface area contributed by atoms with Crippen LogP contribution in [-0.2, 0) is 6.54 Å². The number of aromatic amines is 1. The van der Waals surface area contributed by atoms with Gasteiger partial charge in [0.15, 0.2) is 10.3 Å². The molecule has 7 nitrogen and oxygen atoms in total. The molecule has 86 valence electrons. The van der Waals surface area contributed by atoms with Crippen LogP contribution >= 0.6 is 12.2 Å². The number of hydrogen-bond acceptors (Lipinski definition) is 6. The smallest absolute Gasteiger partial charge is 0.200 e. The van der Waals surface area contributed by atoms with Crippen LogP contribution in [0.25, 0.3) is 11.2 Å². The maximum Gasteiger partial charge on any atom is 0.200 e. The molecule has 0 amide bonds. The summed E-state index contributed by atoms with van der Waals surface area (Å²) in [6.45, 7) is -0.116.